The normalized spacial score (nSPS) is 20.1. The number of halogens is 1. The lowest BCUT2D eigenvalue weighted by molar-refractivity contribution is 0.133. The average Bonchev–Trinajstić information content (AvgIpc) is 3.12. The first-order valence-corrected chi connectivity index (χ1v) is 8.08. The Kier molecular flexibility index (Phi) is 4.80. The quantitative estimate of drug-likeness (QED) is 0.805. The van der Waals surface area contributed by atoms with Crippen LogP contribution in [0.1, 0.15) is 25.0 Å². The summed E-state index contributed by atoms with van der Waals surface area (Å²) < 4.78 is 14.6. The van der Waals surface area contributed by atoms with Gasteiger partial charge in [0.05, 0.1) is 11.8 Å². The molecule has 1 fully saturated rings. The summed E-state index contributed by atoms with van der Waals surface area (Å²) in [7, 11) is 0. The van der Waals surface area contributed by atoms with Crippen LogP contribution in [-0.2, 0) is 0 Å². The molecule has 1 heterocycles. The number of carbonyl (C=O) groups excluding carboxylic acids is 1. The number of nitrogens with zero attached hydrogens (tertiary/aromatic N) is 2. The van der Waals surface area contributed by atoms with E-state index in [0.717, 1.165) is 30.6 Å². The van der Waals surface area contributed by atoms with Crippen molar-refractivity contribution in [1.29, 1.82) is 0 Å². The topological polar surface area (TPSA) is 79.2 Å². The fraction of sp³-hybridized carbons (Fsp3) is 0.412. The number of rotatable bonds is 4. The van der Waals surface area contributed by atoms with Gasteiger partial charge in [0.25, 0.3) is 0 Å². The van der Waals surface area contributed by atoms with Crippen molar-refractivity contribution in [3.8, 4) is 5.69 Å². The smallest absolute Gasteiger partial charge is 0.320 e. The largest absolute Gasteiger partial charge is 0.393 e. The van der Waals surface area contributed by atoms with E-state index in [9.17, 15) is 14.3 Å². The van der Waals surface area contributed by atoms with Crippen LogP contribution >= 0.6 is 0 Å². The number of aliphatic hydroxyl groups is 1. The Morgan fingerprint density at radius 2 is 2.12 bits per heavy atom. The molecule has 0 aliphatic heterocycles. The maximum absolute atomic E-state index is 13.0. The molecule has 2 aromatic rings. The summed E-state index contributed by atoms with van der Waals surface area (Å²) in [5.41, 5.74) is 1.54. The molecule has 0 unspecified atom stereocenters. The Bertz CT molecular complexity index is 714. The van der Waals surface area contributed by atoms with Crippen LogP contribution in [0, 0.1) is 18.7 Å². The molecule has 128 valence electrons. The van der Waals surface area contributed by atoms with Gasteiger partial charge in [-0.3, -0.25) is 5.32 Å². The van der Waals surface area contributed by atoms with Gasteiger partial charge in [0.2, 0.25) is 0 Å². The Morgan fingerprint density at radius 1 is 1.38 bits per heavy atom. The molecule has 0 saturated heterocycles. The molecule has 1 saturated carbocycles. The molecular formula is C17H21FN4O2. The van der Waals surface area contributed by atoms with Crippen molar-refractivity contribution in [1.82, 2.24) is 15.1 Å². The Labute approximate surface area is 139 Å². The van der Waals surface area contributed by atoms with Crippen molar-refractivity contribution in [2.45, 2.75) is 32.3 Å². The van der Waals surface area contributed by atoms with Crippen LogP contribution in [-0.4, -0.2) is 33.6 Å². The van der Waals surface area contributed by atoms with E-state index in [4.69, 9.17) is 0 Å². The van der Waals surface area contributed by atoms with Gasteiger partial charge in [0.1, 0.15) is 5.82 Å². The number of benzene rings is 1. The number of hydrogen-bond acceptors (Lipinski definition) is 3. The molecule has 6 nitrogen and oxygen atoms in total. The first-order valence-electron chi connectivity index (χ1n) is 8.08. The van der Waals surface area contributed by atoms with Crippen LogP contribution in [0.25, 0.3) is 5.69 Å². The molecule has 24 heavy (non-hydrogen) atoms. The Morgan fingerprint density at radius 3 is 2.79 bits per heavy atom. The van der Waals surface area contributed by atoms with Crippen LogP contribution in [0.15, 0.2) is 30.3 Å². The first-order chi connectivity index (χ1) is 11.5. The van der Waals surface area contributed by atoms with Gasteiger partial charge in [-0.1, -0.05) is 6.42 Å². The summed E-state index contributed by atoms with van der Waals surface area (Å²) in [6.45, 7) is 2.30. The van der Waals surface area contributed by atoms with Crippen molar-refractivity contribution >= 4 is 11.8 Å². The minimum atomic E-state index is -0.349. The van der Waals surface area contributed by atoms with Gasteiger partial charge < -0.3 is 10.4 Å². The van der Waals surface area contributed by atoms with Gasteiger partial charge in [-0.25, -0.2) is 13.9 Å². The third-order valence-corrected chi connectivity index (χ3v) is 4.34. The predicted molar refractivity (Wildman–Crippen MR) is 88.6 cm³/mol. The SMILES string of the molecule is Cc1cc(NC(=O)NC[C@@H]2CCC[C@H]2O)nn1-c1ccc(F)cc1. The molecule has 2 amide bonds. The van der Waals surface area contributed by atoms with Crippen LogP contribution in [0.3, 0.4) is 0 Å². The molecule has 0 bridgehead atoms. The van der Waals surface area contributed by atoms with E-state index in [-0.39, 0.29) is 23.9 Å². The van der Waals surface area contributed by atoms with Gasteiger partial charge in [0, 0.05) is 24.2 Å². The summed E-state index contributed by atoms with van der Waals surface area (Å²) in [6.07, 6.45) is 2.40. The molecule has 7 heteroatoms. The molecule has 0 radical (unpaired) electrons. The van der Waals surface area contributed by atoms with Gasteiger partial charge in [-0.05, 0) is 44.0 Å². The lowest BCUT2D eigenvalue weighted by Gasteiger charge is -2.14. The number of urea groups is 1. The lowest BCUT2D eigenvalue weighted by atomic mass is 10.1. The van der Waals surface area contributed by atoms with Crippen molar-refractivity contribution in [2.24, 2.45) is 5.92 Å². The van der Waals surface area contributed by atoms with Crippen molar-refractivity contribution in [3.05, 3.63) is 41.8 Å². The number of amides is 2. The molecule has 1 aliphatic carbocycles. The van der Waals surface area contributed by atoms with Crippen LogP contribution in [0.5, 0.6) is 0 Å². The van der Waals surface area contributed by atoms with Gasteiger partial charge in [-0.15, -0.1) is 5.10 Å². The molecule has 3 N–H and O–H groups in total. The van der Waals surface area contributed by atoms with Crippen molar-refractivity contribution in [3.63, 3.8) is 0 Å². The fourth-order valence-electron chi connectivity index (χ4n) is 3.02. The van der Waals surface area contributed by atoms with Crippen LogP contribution < -0.4 is 10.6 Å². The van der Waals surface area contributed by atoms with Gasteiger partial charge in [-0.2, -0.15) is 0 Å². The van der Waals surface area contributed by atoms with Crippen LogP contribution in [0.2, 0.25) is 0 Å². The lowest BCUT2D eigenvalue weighted by Crippen LogP contribution is -2.35. The molecule has 1 aromatic carbocycles. The number of aromatic nitrogens is 2. The highest BCUT2D eigenvalue weighted by molar-refractivity contribution is 5.88. The summed E-state index contributed by atoms with van der Waals surface area (Å²) >= 11 is 0. The zero-order valence-corrected chi connectivity index (χ0v) is 13.5. The third kappa shape index (κ3) is 3.73. The summed E-state index contributed by atoms with van der Waals surface area (Å²) in [6, 6.07) is 7.37. The second-order valence-electron chi connectivity index (χ2n) is 6.15. The highest BCUT2D eigenvalue weighted by Gasteiger charge is 2.25. The Balaban J connectivity index is 1.60. The highest BCUT2D eigenvalue weighted by Crippen LogP contribution is 2.24. The molecular weight excluding hydrogens is 311 g/mol. The van der Waals surface area contributed by atoms with E-state index < -0.39 is 0 Å². The van der Waals surface area contributed by atoms with E-state index in [1.54, 1.807) is 22.9 Å². The Hall–Kier alpha value is -2.41. The second-order valence-corrected chi connectivity index (χ2v) is 6.15. The zero-order chi connectivity index (χ0) is 17.1. The summed E-state index contributed by atoms with van der Waals surface area (Å²) in [5, 5.41) is 19.5. The maximum Gasteiger partial charge on any atom is 0.320 e. The van der Waals surface area contributed by atoms with Crippen molar-refractivity contribution < 1.29 is 14.3 Å². The second kappa shape index (κ2) is 7.00. The molecule has 1 aromatic heterocycles. The third-order valence-electron chi connectivity index (χ3n) is 4.34. The predicted octanol–water partition coefficient (Wildman–Crippen LogP) is 2.60. The van der Waals surface area contributed by atoms with Gasteiger partial charge in [0.15, 0.2) is 5.82 Å². The van der Waals surface area contributed by atoms with E-state index in [0.29, 0.717) is 12.4 Å². The summed E-state index contributed by atoms with van der Waals surface area (Å²) in [4.78, 5) is 12.0. The average molecular weight is 332 g/mol. The van der Waals surface area contributed by atoms with E-state index in [1.807, 2.05) is 6.92 Å². The number of aliphatic hydroxyl groups excluding tert-OH is 1. The standard InChI is InChI=1S/C17H21FN4O2/c1-11-9-16(21-22(11)14-7-5-13(18)6-8-14)20-17(24)19-10-12-3-2-4-15(12)23/h5-9,12,15,23H,2-4,10H2,1H3,(H2,19,20,21,24)/t12-,15+/m0/s1. The highest BCUT2D eigenvalue weighted by atomic mass is 19.1. The number of carbonyl (C=O) groups is 1. The van der Waals surface area contributed by atoms with Gasteiger partial charge >= 0.3 is 6.03 Å². The van der Waals surface area contributed by atoms with E-state index >= 15 is 0 Å². The molecule has 1 aliphatic rings. The number of hydrogen-bond donors (Lipinski definition) is 3. The molecule has 3 rings (SSSR count). The monoisotopic (exact) mass is 332 g/mol. The minimum Gasteiger partial charge on any atom is -0.393 e. The molecule has 0 spiro atoms. The van der Waals surface area contributed by atoms with E-state index in [2.05, 4.69) is 15.7 Å². The van der Waals surface area contributed by atoms with Crippen LogP contribution in [0.4, 0.5) is 15.0 Å². The first kappa shape index (κ1) is 16.4. The van der Waals surface area contributed by atoms with E-state index in [1.165, 1.54) is 12.1 Å². The minimum absolute atomic E-state index is 0.120. The zero-order valence-electron chi connectivity index (χ0n) is 13.5. The number of aryl methyl sites for hydroxylation is 1. The summed E-state index contributed by atoms with van der Waals surface area (Å²) in [5.74, 6) is 0.228. The fourth-order valence-corrected chi connectivity index (χ4v) is 3.02. The number of nitrogens with one attached hydrogen (secondary N) is 2. The number of anilines is 1. The maximum atomic E-state index is 13.0. The molecule has 2 atom stereocenters. The van der Waals surface area contributed by atoms with Crippen molar-refractivity contribution in [2.75, 3.05) is 11.9 Å².